The van der Waals surface area contributed by atoms with Crippen LogP contribution in [0.5, 0.6) is 0 Å². The fraction of sp³-hybridized carbons (Fsp3) is 0.571. The summed E-state index contributed by atoms with van der Waals surface area (Å²) in [4.78, 5) is 2.47. The second-order valence-corrected chi connectivity index (χ2v) is 5.06. The molecule has 1 atom stereocenters. The van der Waals surface area contributed by atoms with Gasteiger partial charge in [0.1, 0.15) is 0 Å². The molecule has 1 heterocycles. The molecule has 0 radical (unpaired) electrons. The number of nitrogens with zero attached hydrogens (tertiary/aromatic N) is 1. The second-order valence-electron chi connectivity index (χ2n) is 5.06. The zero-order valence-electron chi connectivity index (χ0n) is 11.0. The molecule has 1 aromatic rings. The summed E-state index contributed by atoms with van der Waals surface area (Å²) in [7, 11) is 2.23. The van der Waals surface area contributed by atoms with E-state index in [1.807, 2.05) is 0 Å². The van der Waals surface area contributed by atoms with Crippen LogP contribution in [0.15, 0.2) is 18.2 Å². The minimum Gasteiger partial charge on any atom is -0.315 e. The third kappa shape index (κ3) is 3.98. The number of nitrogens with one attached hydrogen (secondary N) is 1. The van der Waals surface area contributed by atoms with Gasteiger partial charge >= 0.3 is 0 Å². The van der Waals surface area contributed by atoms with E-state index in [9.17, 15) is 0 Å². The lowest BCUT2D eigenvalue weighted by Crippen LogP contribution is -2.32. The van der Waals surface area contributed by atoms with E-state index in [2.05, 4.69) is 49.3 Å². The highest BCUT2D eigenvalue weighted by Gasteiger charge is 2.18. The molecule has 1 aliphatic heterocycles. The third-order valence-corrected chi connectivity index (χ3v) is 3.37. The molecular formula is C14H23ClN2. The number of benzene rings is 1. The number of hydrogen-bond acceptors (Lipinski definition) is 2. The van der Waals surface area contributed by atoms with Gasteiger partial charge in [-0.05, 0) is 39.4 Å². The van der Waals surface area contributed by atoms with Crippen LogP contribution in [0.2, 0.25) is 0 Å². The lowest BCUT2D eigenvalue weighted by molar-refractivity contribution is 0.249. The fourth-order valence-corrected chi connectivity index (χ4v) is 2.59. The van der Waals surface area contributed by atoms with Crippen molar-refractivity contribution in [3.05, 3.63) is 34.9 Å². The van der Waals surface area contributed by atoms with Gasteiger partial charge in [0.15, 0.2) is 0 Å². The van der Waals surface area contributed by atoms with Gasteiger partial charge in [-0.3, -0.25) is 4.90 Å². The quantitative estimate of drug-likeness (QED) is 0.892. The summed E-state index contributed by atoms with van der Waals surface area (Å²) < 4.78 is 0. The van der Waals surface area contributed by atoms with E-state index in [0.717, 1.165) is 13.1 Å². The maximum Gasteiger partial charge on any atom is 0.0234 e. The van der Waals surface area contributed by atoms with Gasteiger partial charge in [-0.1, -0.05) is 29.3 Å². The molecule has 1 saturated heterocycles. The molecule has 3 heteroatoms. The smallest absolute Gasteiger partial charge is 0.0234 e. The van der Waals surface area contributed by atoms with E-state index in [4.69, 9.17) is 0 Å². The van der Waals surface area contributed by atoms with E-state index in [-0.39, 0.29) is 12.4 Å². The van der Waals surface area contributed by atoms with Crippen LogP contribution in [-0.2, 0) is 6.54 Å². The van der Waals surface area contributed by atoms with Crippen LogP contribution in [0.1, 0.15) is 23.1 Å². The molecule has 1 aliphatic rings. The van der Waals surface area contributed by atoms with Crippen LogP contribution in [0.3, 0.4) is 0 Å². The largest absolute Gasteiger partial charge is 0.315 e. The van der Waals surface area contributed by atoms with E-state index >= 15 is 0 Å². The minimum absolute atomic E-state index is 0. The zero-order valence-corrected chi connectivity index (χ0v) is 11.8. The zero-order chi connectivity index (χ0) is 11.5. The van der Waals surface area contributed by atoms with Gasteiger partial charge in [0.2, 0.25) is 0 Å². The van der Waals surface area contributed by atoms with Crippen molar-refractivity contribution in [2.24, 2.45) is 0 Å². The first-order valence-electron chi connectivity index (χ1n) is 6.13. The van der Waals surface area contributed by atoms with E-state index < -0.39 is 0 Å². The van der Waals surface area contributed by atoms with Crippen molar-refractivity contribution in [2.45, 2.75) is 32.9 Å². The normalized spacial score (nSPS) is 19.4. The predicted octanol–water partition coefficient (Wildman–Crippen LogP) is 2.52. The molecule has 1 N–H and O–H groups in total. The van der Waals surface area contributed by atoms with Crippen LogP contribution in [0.25, 0.3) is 0 Å². The Kier molecular flexibility index (Phi) is 5.44. The average Bonchev–Trinajstić information content (AvgIpc) is 2.68. The van der Waals surface area contributed by atoms with Gasteiger partial charge in [0.25, 0.3) is 0 Å². The molecule has 0 aliphatic carbocycles. The highest BCUT2D eigenvalue weighted by atomic mass is 35.5. The third-order valence-electron chi connectivity index (χ3n) is 3.37. The maximum atomic E-state index is 3.42. The molecule has 0 aromatic heterocycles. The molecule has 1 fully saturated rings. The Morgan fingerprint density at radius 2 is 1.88 bits per heavy atom. The Balaban J connectivity index is 0.00000144. The van der Waals surface area contributed by atoms with E-state index in [1.54, 1.807) is 0 Å². The monoisotopic (exact) mass is 254 g/mol. The van der Waals surface area contributed by atoms with Gasteiger partial charge in [0, 0.05) is 19.1 Å². The lowest BCUT2D eigenvalue weighted by atomic mass is 10.1. The first-order valence-corrected chi connectivity index (χ1v) is 6.13. The number of rotatable bonds is 3. The first kappa shape index (κ1) is 14.5. The molecule has 0 amide bonds. The average molecular weight is 255 g/mol. The molecule has 1 unspecified atom stereocenters. The van der Waals surface area contributed by atoms with Crippen molar-refractivity contribution >= 4 is 12.4 Å². The Hall–Kier alpha value is -0.570. The summed E-state index contributed by atoms with van der Waals surface area (Å²) in [5.74, 6) is 0. The van der Waals surface area contributed by atoms with Crippen molar-refractivity contribution in [1.29, 1.82) is 0 Å². The lowest BCUT2D eigenvalue weighted by Gasteiger charge is -2.23. The number of likely N-dealkylation sites (N-methyl/N-ethyl adjacent to an activating group) is 1. The molecule has 1 aromatic carbocycles. The van der Waals surface area contributed by atoms with Crippen molar-refractivity contribution in [3.8, 4) is 0 Å². The predicted molar refractivity (Wildman–Crippen MR) is 75.9 cm³/mol. The van der Waals surface area contributed by atoms with Crippen molar-refractivity contribution in [3.63, 3.8) is 0 Å². The summed E-state index contributed by atoms with van der Waals surface area (Å²) in [6, 6.07) is 7.54. The summed E-state index contributed by atoms with van der Waals surface area (Å²) >= 11 is 0. The second kappa shape index (κ2) is 6.39. The Morgan fingerprint density at radius 3 is 2.41 bits per heavy atom. The van der Waals surface area contributed by atoms with E-state index in [0.29, 0.717) is 6.04 Å². The van der Waals surface area contributed by atoms with Gasteiger partial charge in [0.05, 0.1) is 0 Å². The van der Waals surface area contributed by atoms with Gasteiger partial charge in [-0.2, -0.15) is 0 Å². The van der Waals surface area contributed by atoms with Crippen LogP contribution >= 0.6 is 12.4 Å². The van der Waals surface area contributed by atoms with Gasteiger partial charge in [-0.25, -0.2) is 0 Å². The SMILES string of the molecule is Cc1cc(C)cc(CN(C)C2CCNC2)c1.Cl. The molecule has 17 heavy (non-hydrogen) atoms. The molecule has 2 rings (SSSR count). The van der Waals surface area contributed by atoms with Gasteiger partial charge < -0.3 is 5.32 Å². The standard InChI is InChI=1S/C14H22N2.ClH/c1-11-6-12(2)8-13(7-11)10-16(3)14-4-5-15-9-14;/h6-8,14-15H,4-5,9-10H2,1-3H3;1H. The molecule has 0 bridgehead atoms. The Morgan fingerprint density at radius 1 is 1.24 bits per heavy atom. The molecule has 2 nitrogen and oxygen atoms in total. The fourth-order valence-electron chi connectivity index (χ4n) is 2.59. The van der Waals surface area contributed by atoms with Crippen LogP contribution < -0.4 is 5.32 Å². The summed E-state index contributed by atoms with van der Waals surface area (Å²) in [6.07, 6.45) is 1.28. The van der Waals surface area contributed by atoms with Gasteiger partial charge in [-0.15, -0.1) is 12.4 Å². The van der Waals surface area contributed by atoms with Crippen molar-refractivity contribution in [1.82, 2.24) is 10.2 Å². The van der Waals surface area contributed by atoms with Crippen molar-refractivity contribution < 1.29 is 0 Å². The maximum absolute atomic E-state index is 3.42. The minimum atomic E-state index is 0. The Bertz CT molecular complexity index is 339. The topological polar surface area (TPSA) is 15.3 Å². The number of hydrogen-bond donors (Lipinski definition) is 1. The molecular weight excluding hydrogens is 232 g/mol. The molecule has 0 saturated carbocycles. The number of aryl methyl sites for hydroxylation is 2. The highest BCUT2D eigenvalue weighted by Crippen LogP contribution is 2.14. The Labute approximate surface area is 111 Å². The molecule has 96 valence electrons. The highest BCUT2D eigenvalue weighted by molar-refractivity contribution is 5.85. The number of halogens is 1. The van der Waals surface area contributed by atoms with Crippen LogP contribution in [0, 0.1) is 13.8 Å². The van der Waals surface area contributed by atoms with Crippen LogP contribution in [-0.4, -0.2) is 31.1 Å². The summed E-state index contributed by atoms with van der Waals surface area (Å²) in [5, 5.41) is 3.42. The summed E-state index contributed by atoms with van der Waals surface area (Å²) in [6.45, 7) is 7.72. The van der Waals surface area contributed by atoms with Crippen molar-refractivity contribution in [2.75, 3.05) is 20.1 Å². The van der Waals surface area contributed by atoms with Crippen LogP contribution in [0.4, 0.5) is 0 Å². The summed E-state index contributed by atoms with van der Waals surface area (Å²) in [5.41, 5.74) is 4.17. The first-order chi connectivity index (χ1) is 7.65. The molecule has 0 spiro atoms. The van der Waals surface area contributed by atoms with E-state index in [1.165, 1.54) is 29.7 Å².